The molecule has 0 aliphatic heterocycles. The molecule has 0 aliphatic rings. The highest BCUT2D eigenvalue weighted by Gasteiger charge is 2.12. The molecule has 0 radical (unpaired) electrons. The van der Waals surface area contributed by atoms with Crippen LogP contribution >= 0.6 is 0 Å². The maximum absolute atomic E-state index is 11.1. The molecule has 0 amide bonds. The zero-order valence-corrected chi connectivity index (χ0v) is 12.2. The minimum atomic E-state index is -4.26. The lowest BCUT2D eigenvalue weighted by atomic mass is 10.2. The van der Waals surface area contributed by atoms with Gasteiger partial charge in [-0.15, -0.1) is 0 Å². The van der Waals surface area contributed by atoms with E-state index in [1.54, 1.807) is 6.07 Å². The molecule has 1 heterocycles. The zero-order chi connectivity index (χ0) is 15.3. The highest BCUT2D eigenvalue weighted by atomic mass is 32.2. The summed E-state index contributed by atoms with van der Waals surface area (Å²) in [6, 6.07) is 5.91. The molecule has 1 aromatic heterocycles. The fraction of sp³-hybridized carbons (Fsp3) is 0.308. The lowest BCUT2D eigenvalue weighted by Gasteiger charge is -2.05. The van der Waals surface area contributed by atoms with Crippen LogP contribution in [0.4, 0.5) is 0 Å². The Balaban J connectivity index is 2.28. The molecule has 112 valence electrons. The van der Waals surface area contributed by atoms with E-state index in [0.29, 0.717) is 12.2 Å². The molecule has 7 nitrogen and oxygen atoms in total. The van der Waals surface area contributed by atoms with Gasteiger partial charge in [0.1, 0.15) is 6.33 Å². The van der Waals surface area contributed by atoms with E-state index in [2.05, 4.69) is 15.0 Å². The van der Waals surface area contributed by atoms with Gasteiger partial charge in [0.05, 0.1) is 11.5 Å². The Hall–Kier alpha value is -2.06. The van der Waals surface area contributed by atoms with E-state index >= 15 is 0 Å². The molecule has 0 unspecified atom stereocenters. The van der Waals surface area contributed by atoms with Crippen molar-refractivity contribution >= 4 is 10.1 Å². The van der Waals surface area contributed by atoms with Crippen molar-refractivity contribution < 1.29 is 17.7 Å². The number of hydrogen-bond acceptors (Lipinski definition) is 6. The quantitative estimate of drug-likeness (QED) is 0.642. The summed E-state index contributed by atoms with van der Waals surface area (Å²) in [6.45, 7) is 2.55. The molecule has 1 aromatic carbocycles. The van der Waals surface area contributed by atoms with Gasteiger partial charge in [-0.2, -0.15) is 18.4 Å². The summed E-state index contributed by atoms with van der Waals surface area (Å²) >= 11 is 0. The van der Waals surface area contributed by atoms with Gasteiger partial charge in [-0.1, -0.05) is 25.5 Å². The first-order valence-electron chi connectivity index (χ1n) is 6.40. The number of hydrogen-bond donors (Lipinski definition) is 1. The molecule has 0 saturated heterocycles. The molecule has 2 aromatic rings. The molecule has 0 saturated carbocycles. The van der Waals surface area contributed by atoms with Crippen molar-refractivity contribution in [3.05, 3.63) is 30.6 Å². The van der Waals surface area contributed by atoms with Gasteiger partial charge in [0, 0.05) is 5.56 Å². The SMILES string of the molecule is CCCCOc1ncnc(-c2cccc(S(=O)(=O)O)c2)n1. The van der Waals surface area contributed by atoms with Crippen molar-refractivity contribution in [2.75, 3.05) is 6.61 Å². The van der Waals surface area contributed by atoms with Gasteiger partial charge in [-0.25, -0.2) is 4.98 Å². The van der Waals surface area contributed by atoms with Gasteiger partial charge in [0.15, 0.2) is 5.82 Å². The maximum Gasteiger partial charge on any atom is 0.319 e. The summed E-state index contributed by atoms with van der Waals surface area (Å²) in [5.74, 6) is 0.280. The van der Waals surface area contributed by atoms with Crippen molar-refractivity contribution in [2.24, 2.45) is 0 Å². The number of benzene rings is 1. The number of rotatable bonds is 6. The highest BCUT2D eigenvalue weighted by molar-refractivity contribution is 7.85. The molecule has 21 heavy (non-hydrogen) atoms. The number of aromatic nitrogens is 3. The Kier molecular flexibility index (Phi) is 4.81. The van der Waals surface area contributed by atoms with E-state index in [-0.39, 0.29) is 16.7 Å². The van der Waals surface area contributed by atoms with Crippen LogP contribution in [-0.2, 0) is 10.1 Å². The number of ether oxygens (including phenoxy) is 1. The second-order valence-electron chi connectivity index (χ2n) is 4.30. The highest BCUT2D eigenvalue weighted by Crippen LogP contribution is 2.19. The Bertz CT molecular complexity index is 719. The molecular formula is C13H15N3O4S. The molecule has 0 atom stereocenters. The molecule has 2 rings (SSSR count). The van der Waals surface area contributed by atoms with Crippen LogP contribution in [0.15, 0.2) is 35.5 Å². The third-order valence-corrected chi connectivity index (χ3v) is 3.52. The Labute approximate surface area is 122 Å². The number of nitrogens with zero attached hydrogens (tertiary/aromatic N) is 3. The summed E-state index contributed by atoms with van der Waals surface area (Å²) in [7, 11) is -4.26. The van der Waals surface area contributed by atoms with E-state index in [4.69, 9.17) is 9.29 Å². The fourth-order valence-electron chi connectivity index (χ4n) is 1.59. The lowest BCUT2D eigenvalue weighted by Crippen LogP contribution is -2.03. The van der Waals surface area contributed by atoms with Crippen LogP contribution in [0, 0.1) is 0 Å². The molecule has 0 fully saturated rings. The molecule has 8 heteroatoms. The second kappa shape index (κ2) is 6.59. The summed E-state index contributed by atoms with van der Waals surface area (Å²) in [5, 5.41) is 0. The first-order chi connectivity index (χ1) is 10.0. The Morgan fingerprint density at radius 2 is 2.10 bits per heavy atom. The van der Waals surface area contributed by atoms with Crippen LogP contribution in [0.5, 0.6) is 6.01 Å². The van der Waals surface area contributed by atoms with E-state index in [1.165, 1.54) is 24.5 Å². The minimum absolute atomic E-state index is 0.186. The van der Waals surface area contributed by atoms with E-state index in [9.17, 15) is 8.42 Å². The standard InChI is InChI=1S/C13H15N3O4S/c1-2-3-7-20-13-15-9-14-12(16-13)10-5-4-6-11(8-10)21(17,18)19/h4-6,8-9H,2-3,7H2,1H3,(H,17,18,19). The lowest BCUT2D eigenvalue weighted by molar-refractivity contribution is 0.284. The molecule has 1 N–H and O–H groups in total. The first kappa shape index (κ1) is 15.3. The van der Waals surface area contributed by atoms with Gasteiger partial charge in [-0.05, 0) is 18.6 Å². The monoisotopic (exact) mass is 309 g/mol. The molecule has 0 aliphatic carbocycles. The van der Waals surface area contributed by atoms with Crippen molar-refractivity contribution in [3.63, 3.8) is 0 Å². The predicted octanol–water partition coefficient (Wildman–Crippen LogP) is 1.96. The summed E-state index contributed by atoms with van der Waals surface area (Å²) in [6.07, 6.45) is 3.18. The van der Waals surface area contributed by atoms with Gasteiger partial charge in [0.25, 0.3) is 10.1 Å². The van der Waals surface area contributed by atoms with E-state index < -0.39 is 10.1 Å². The average molecular weight is 309 g/mol. The topological polar surface area (TPSA) is 102 Å². The summed E-state index contributed by atoms with van der Waals surface area (Å²) < 4.78 is 36.7. The normalized spacial score (nSPS) is 11.3. The molecular weight excluding hydrogens is 294 g/mol. The van der Waals surface area contributed by atoms with Crippen LogP contribution in [0.3, 0.4) is 0 Å². The molecule has 0 spiro atoms. The van der Waals surface area contributed by atoms with Crippen LogP contribution in [0.1, 0.15) is 19.8 Å². The Morgan fingerprint density at radius 3 is 2.81 bits per heavy atom. The first-order valence-corrected chi connectivity index (χ1v) is 7.84. The second-order valence-corrected chi connectivity index (χ2v) is 5.72. The minimum Gasteiger partial charge on any atom is -0.463 e. The third kappa shape index (κ3) is 4.20. The predicted molar refractivity (Wildman–Crippen MR) is 75.5 cm³/mol. The summed E-state index contributed by atoms with van der Waals surface area (Å²) in [5.41, 5.74) is 0.452. The zero-order valence-electron chi connectivity index (χ0n) is 11.4. The maximum atomic E-state index is 11.1. The van der Waals surface area contributed by atoms with Gasteiger partial charge in [0.2, 0.25) is 0 Å². The van der Waals surface area contributed by atoms with Crippen LogP contribution < -0.4 is 4.74 Å². The van der Waals surface area contributed by atoms with Gasteiger partial charge >= 0.3 is 6.01 Å². The van der Waals surface area contributed by atoms with Crippen LogP contribution in [0.2, 0.25) is 0 Å². The fourth-order valence-corrected chi connectivity index (χ4v) is 2.12. The Morgan fingerprint density at radius 1 is 1.29 bits per heavy atom. The van der Waals surface area contributed by atoms with Crippen molar-refractivity contribution in [1.82, 2.24) is 15.0 Å². The number of unbranched alkanes of at least 4 members (excludes halogenated alkanes) is 1. The summed E-state index contributed by atoms with van der Waals surface area (Å²) in [4.78, 5) is 11.8. The van der Waals surface area contributed by atoms with Crippen LogP contribution in [-0.4, -0.2) is 34.5 Å². The average Bonchev–Trinajstić information content (AvgIpc) is 2.47. The third-order valence-electron chi connectivity index (χ3n) is 2.67. The van der Waals surface area contributed by atoms with E-state index in [0.717, 1.165) is 12.8 Å². The van der Waals surface area contributed by atoms with Crippen molar-refractivity contribution in [3.8, 4) is 17.4 Å². The molecule has 0 bridgehead atoms. The van der Waals surface area contributed by atoms with Crippen molar-refractivity contribution in [1.29, 1.82) is 0 Å². The van der Waals surface area contributed by atoms with Gasteiger partial charge < -0.3 is 4.74 Å². The smallest absolute Gasteiger partial charge is 0.319 e. The van der Waals surface area contributed by atoms with E-state index in [1.807, 2.05) is 6.92 Å². The van der Waals surface area contributed by atoms with Gasteiger partial charge in [-0.3, -0.25) is 4.55 Å². The largest absolute Gasteiger partial charge is 0.463 e. The van der Waals surface area contributed by atoms with Crippen LogP contribution in [0.25, 0.3) is 11.4 Å². The van der Waals surface area contributed by atoms with Crippen molar-refractivity contribution in [2.45, 2.75) is 24.7 Å².